The first-order chi connectivity index (χ1) is 9.06. The molecule has 0 aromatic rings. The zero-order valence-electron chi connectivity index (χ0n) is 11.9. The fourth-order valence-electron chi connectivity index (χ4n) is 1.77. The van der Waals surface area contributed by atoms with Crippen molar-refractivity contribution >= 4 is 6.09 Å². The van der Waals surface area contributed by atoms with E-state index >= 15 is 0 Å². The Hall–Kier alpha value is -1.55. The van der Waals surface area contributed by atoms with Gasteiger partial charge in [0.2, 0.25) is 0 Å². The molecule has 19 heavy (non-hydrogen) atoms. The molecule has 4 nitrogen and oxygen atoms in total. The first kappa shape index (κ1) is 15.5. The molecule has 1 N–H and O–H groups in total. The molecule has 2 unspecified atom stereocenters. The minimum Gasteiger partial charge on any atom is -0.447 e. The first-order valence-electron chi connectivity index (χ1n) is 6.59. The average Bonchev–Trinajstić information content (AvgIpc) is 3.11. The Balaban J connectivity index is 2.59. The molecule has 1 amide bonds. The van der Waals surface area contributed by atoms with E-state index in [1.165, 1.54) is 0 Å². The SMILES string of the molecule is C=CC=C(C=CC)CC(NC(=O)OC(C)C)C1CO1. The van der Waals surface area contributed by atoms with E-state index in [9.17, 15) is 4.79 Å². The van der Waals surface area contributed by atoms with Crippen LogP contribution >= 0.6 is 0 Å². The number of hydrogen-bond donors (Lipinski definition) is 1. The summed E-state index contributed by atoms with van der Waals surface area (Å²) in [7, 11) is 0. The molecule has 2 atom stereocenters. The number of allylic oxidation sites excluding steroid dienone is 4. The molecular formula is C15H23NO3. The summed E-state index contributed by atoms with van der Waals surface area (Å²) < 4.78 is 10.4. The molecule has 1 heterocycles. The Labute approximate surface area is 115 Å². The number of amides is 1. The van der Waals surface area contributed by atoms with Crippen molar-refractivity contribution in [2.75, 3.05) is 6.61 Å². The van der Waals surface area contributed by atoms with Crippen LogP contribution in [0.25, 0.3) is 0 Å². The maximum absolute atomic E-state index is 11.6. The monoisotopic (exact) mass is 265 g/mol. The molecule has 0 radical (unpaired) electrons. The van der Waals surface area contributed by atoms with Gasteiger partial charge in [-0.2, -0.15) is 0 Å². The minimum atomic E-state index is -0.395. The summed E-state index contributed by atoms with van der Waals surface area (Å²) in [4.78, 5) is 11.6. The highest BCUT2D eigenvalue weighted by atomic mass is 16.6. The van der Waals surface area contributed by atoms with Gasteiger partial charge in [0.05, 0.1) is 18.8 Å². The molecule has 106 valence electrons. The lowest BCUT2D eigenvalue weighted by atomic mass is 10.0. The zero-order valence-corrected chi connectivity index (χ0v) is 11.9. The molecule has 0 spiro atoms. The summed E-state index contributed by atoms with van der Waals surface area (Å²) in [5.41, 5.74) is 1.10. The summed E-state index contributed by atoms with van der Waals surface area (Å²) in [5.74, 6) is 0. The lowest BCUT2D eigenvalue weighted by molar-refractivity contribution is 0.110. The van der Waals surface area contributed by atoms with Gasteiger partial charge in [-0.15, -0.1) is 0 Å². The van der Waals surface area contributed by atoms with E-state index in [1.807, 2.05) is 39.0 Å². The summed E-state index contributed by atoms with van der Waals surface area (Å²) in [6.07, 6.45) is 7.91. The van der Waals surface area contributed by atoms with Gasteiger partial charge >= 0.3 is 6.09 Å². The molecule has 0 aromatic carbocycles. The van der Waals surface area contributed by atoms with Crippen LogP contribution in [-0.4, -0.2) is 30.9 Å². The summed E-state index contributed by atoms with van der Waals surface area (Å²) in [5, 5.41) is 2.86. The van der Waals surface area contributed by atoms with Gasteiger partial charge in [-0.05, 0) is 32.8 Å². The number of hydrogen-bond acceptors (Lipinski definition) is 3. The fourth-order valence-corrected chi connectivity index (χ4v) is 1.77. The van der Waals surface area contributed by atoms with Crippen molar-refractivity contribution in [1.29, 1.82) is 0 Å². The van der Waals surface area contributed by atoms with E-state index < -0.39 is 6.09 Å². The topological polar surface area (TPSA) is 50.9 Å². The van der Waals surface area contributed by atoms with Gasteiger partial charge in [0, 0.05) is 0 Å². The molecule has 0 saturated carbocycles. The van der Waals surface area contributed by atoms with Crippen LogP contribution < -0.4 is 5.32 Å². The van der Waals surface area contributed by atoms with E-state index in [4.69, 9.17) is 9.47 Å². The second-order valence-corrected chi connectivity index (χ2v) is 4.76. The highest BCUT2D eigenvalue weighted by molar-refractivity contribution is 5.68. The van der Waals surface area contributed by atoms with Crippen LogP contribution in [-0.2, 0) is 9.47 Å². The van der Waals surface area contributed by atoms with Gasteiger partial charge in [-0.1, -0.05) is 30.9 Å². The van der Waals surface area contributed by atoms with Crippen molar-refractivity contribution in [3.05, 3.63) is 36.5 Å². The third-order valence-corrected chi connectivity index (χ3v) is 2.62. The van der Waals surface area contributed by atoms with Crippen molar-refractivity contribution in [3.8, 4) is 0 Å². The third kappa shape index (κ3) is 6.25. The van der Waals surface area contributed by atoms with Gasteiger partial charge in [0.15, 0.2) is 0 Å². The number of nitrogens with one attached hydrogen (secondary N) is 1. The summed E-state index contributed by atoms with van der Waals surface area (Å²) in [6.45, 7) is 9.99. The average molecular weight is 265 g/mol. The first-order valence-corrected chi connectivity index (χ1v) is 6.59. The minimum absolute atomic E-state index is 0.0614. The molecule has 4 heteroatoms. The molecule has 1 saturated heterocycles. The normalized spacial score (nSPS) is 20.4. The zero-order chi connectivity index (χ0) is 14.3. The molecule has 1 rings (SSSR count). The maximum Gasteiger partial charge on any atom is 0.407 e. The Morgan fingerprint density at radius 2 is 2.26 bits per heavy atom. The van der Waals surface area contributed by atoms with Gasteiger partial charge in [-0.25, -0.2) is 4.79 Å². The lowest BCUT2D eigenvalue weighted by Gasteiger charge is -2.18. The van der Waals surface area contributed by atoms with Crippen molar-refractivity contribution in [1.82, 2.24) is 5.32 Å². The van der Waals surface area contributed by atoms with Gasteiger partial charge in [0.1, 0.15) is 6.10 Å². The van der Waals surface area contributed by atoms with Crippen LogP contribution in [0.4, 0.5) is 4.79 Å². The molecule has 0 aliphatic carbocycles. The number of carbonyl (C=O) groups excluding carboxylic acids is 1. The van der Waals surface area contributed by atoms with Crippen molar-refractivity contribution in [2.24, 2.45) is 0 Å². The van der Waals surface area contributed by atoms with E-state index in [-0.39, 0.29) is 18.2 Å². The molecule has 1 aliphatic heterocycles. The molecule has 1 fully saturated rings. The molecule has 0 bridgehead atoms. The Kier molecular flexibility index (Phi) is 6.36. The smallest absolute Gasteiger partial charge is 0.407 e. The molecular weight excluding hydrogens is 242 g/mol. The number of epoxide rings is 1. The highest BCUT2D eigenvalue weighted by Crippen LogP contribution is 2.21. The van der Waals surface area contributed by atoms with Crippen LogP contribution in [0.2, 0.25) is 0 Å². The molecule has 0 aromatic heterocycles. The quantitative estimate of drug-likeness (QED) is 0.568. The Bertz CT molecular complexity index is 368. The van der Waals surface area contributed by atoms with Gasteiger partial charge in [-0.3, -0.25) is 0 Å². The number of alkyl carbamates (subject to hydrolysis) is 1. The summed E-state index contributed by atoms with van der Waals surface area (Å²) >= 11 is 0. The lowest BCUT2D eigenvalue weighted by Crippen LogP contribution is -2.40. The van der Waals surface area contributed by atoms with Crippen LogP contribution in [0.15, 0.2) is 36.5 Å². The molecule has 1 aliphatic rings. The highest BCUT2D eigenvalue weighted by Gasteiger charge is 2.34. The van der Waals surface area contributed by atoms with E-state index in [1.54, 1.807) is 6.08 Å². The number of ether oxygens (including phenoxy) is 2. The third-order valence-electron chi connectivity index (χ3n) is 2.62. The van der Waals surface area contributed by atoms with Crippen molar-refractivity contribution in [2.45, 2.75) is 45.4 Å². The van der Waals surface area contributed by atoms with Crippen LogP contribution in [0, 0.1) is 0 Å². The number of carbonyl (C=O) groups is 1. The summed E-state index contributed by atoms with van der Waals surface area (Å²) in [6, 6.07) is -0.0614. The fraction of sp³-hybridized carbons (Fsp3) is 0.533. The van der Waals surface area contributed by atoms with Gasteiger partial charge in [0.25, 0.3) is 0 Å². The van der Waals surface area contributed by atoms with E-state index in [0.717, 1.165) is 5.57 Å². The number of rotatable bonds is 7. The van der Waals surface area contributed by atoms with Crippen LogP contribution in [0.5, 0.6) is 0 Å². The Morgan fingerprint density at radius 1 is 1.58 bits per heavy atom. The largest absolute Gasteiger partial charge is 0.447 e. The van der Waals surface area contributed by atoms with Crippen LogP contribution in [0.3, 0.4) is 0 Å². The van der Waals surface area contributed by atoms with Gasteiger partial charge < -0.3 is 14.8 Å². The van der Waals surface area contributed by atoms with E-state index in [0.29, 0.717) is 13.0 Å². The van der Waals surface area contributed by atoms with E-state index in [2.05, 4.69) is 11.9 Å². The second kappa shape index (κ2) is 7.79. The van der Waals surface area contributed by atoms with Crippen molar-refractivity contribution in [3.63, 3.8) is 0 Å². The Morgan fingerprint density at radius 3 is 2.74 bits per heavy atom. The second-order valence-electron chi connectivity index (χ2n) is 4.76. The van der Waals surface area contributed by atoms with Crippen LogP contribution in [0.1, 0.15) is 27.2 Å². The standard InChI is InChI=1S/C15H23NO3/c1-5-7-12(8-6-2)9-13(14-10-18-14)16-15(17)19-11(3)4/h5-8,11,13-14H,1,9-10H2,2-4H3,(H,16,17). The predicted molar refractivity (Wildman–Crippen MR) is 76.0 cm³/mol. The maximum atomic E-state index is 11.6. The predicted octanol–water partition coefficient (Wildman–Crippen LogP) is 2.97. The van der Waals surface area contributed by atoms with Crippen molar-refractivity contribution < 1.29 is 14.3 Å².